The summed E-state index contributed by atoms with van der Waals surface area (Å²) in [7, 11) is 0. The number of hydrogen-bond donors (Lipinski definition) is 1. The summed E-state index contributed by atoms with van der Waals surface area (Å²) in [6.45, 7) is 3.14. The molecule has 0 fully saturated rings. The van der Waals surface area contributed by atoms with E-state index >= 15 is 0 Å². The van der Waals surface area contributed by atoms with Crippen molar-refractivity contribution in [3.05, 3.63) is 24.0 Å². The van der Waals surface area contributed by atoms with Gasteiger partial charge in [-0.2, -0.15) is 8.78 Å². The molecule has 0 saturated heterocycles. The zero-order chi connectivity index (χ0) is 13.7. The molecule has 0 aliphatic heterocycles. The molecule has 0 aliphatic rings. The molecule has 18 heavy (non-hydrogen) atoms. The monoisotopic (exact) mass is 261 g/mol. The van der Waals surface area contributed by atoms with Crippen LogP contribution in [0.15, 0.2) is 18.2 Å². The van der Waals surface area contributed by atoms with Gasteiger partial charge in [0.1, 0.15) is 0 Å². The van der Waals surface area contributed by atoms with Crippen LogP contribution in [0.3, 0.4) is 0 Å². The second-order valence-corrected chi connectivity index (χ2v) is 4.43. The molecule has 0 heterocycles. The first kappa shape index (κ1) is 14.7. The van der Waals surface area contributed by atoms with E-state index in [1.165, 1.54) is 18.2 Å². The molecule has 2 nitrogen and oxygen atoms in total. The largest absolute Gasteiger partial charge is 0.432 e. The SMILES string of the molecule is CCC(Nc1ccc(OC(F)F)c(F)c1)C(C)C. The van der Waals surface area contributed by atoms with Crippen LogP contribution in [0.4, 0.5) is 18.9 Å². The van der Waals surface area contributed by atoms with Gasteiger partial charge in [0.15, 0.2) is 11.6 Å². The molecule has 5 heteroatoms. The first-order chi connectivity index (χ1) is 8.43. The Bertz CT molecular complexity index is 382. The van der Waals surface area contributed by atoms with Gasteiger partial charge >= 0.3 is 6.61 Å². The Balaban J connectivity index is 2.77. The summed E-state index contributed by atoms with van der Waals surface area (Å²) in [5, 5.41) is 3.17. The minimum Gasteiger partial charge on any atom is -0.432 e. The molecule has 0 aromatic heterocycles. The molecule has 0 radical (unpaired) electrons. The van der Waals surface area contributed by atoms with Gasteiger partial charge in [-0.25, -0.2) is 4.39 Å². The number of halogens is 3. The standard InChI is InChI=1S/C13H18F3NO/c1-4-11(8(2)3)17-9-5-6-12(10(14)7-9)18-13(15)16/h5-8,11,13,17H,4H2,1-3H3. The Labute approximate surface area is 105 Å². The summed E-state index contributed by atoms with van der Waals surface area (Å²) >= 11 is 0. The number of nitrogens with one attached hydrogen (secondary N) is 1. The third-order valence-corrected chi connectivity index (χ3v) is 2.74. The van der Waals surface area contributed by atoms with Crippen LogP contribution in [0.2, 0.25) is 0 Å². The Morgan fingerprint density at radius 3 is 2.39 bits per heavy atom. The highest BCUT2D eigenvalue weighted by Crippen LogP contribution is 2.24. The zero-order valence-electron chi connectivity index (χ0n) is 10.7. The summed E-state index contributed by atoms with van der Waals surface area (Å²) in [6.07, 6.45) is 0.897. The van der Waals surface area contributed by atoms with Crippen LogP contribution in [-0.2, 0) is 0 Å². The van der Waals surface area contributed by atoms with Gasteiger partial charge in [-0.1, -0.05) is 20.8 Å². The number of alkyl halides is 2. The van der Waals surface area contributed by atoms with Gasteiger partial charge in [-0.05, 0) is 24.5 Å². The van der Waals surface area contributed by atoms with E-state index in [4.69, 9.17) is 0 Å². The van der Waals surface area contributed by atoms with Crippen LogP contribution in [0.1, 0.15) is 27.2 Å². The first-order valence-electron chi connectivity index (χ1n) is 5.95. The first-order valence-corrected chi connectivity index (χ1v) is 5.95. The third kappa shape index (κ3) is 4.13. The van der Waals surface area contributed by atoms with Crippen molar-refractivity contribution in [2.75, 3.05) is 5.32 Å². The summed E-state index contributed by atoms with van der Waals surface area (Å²) in [5.41, 5.74) is 0.565. The quantitative estimate of drug-likeness (QED) is 0.825. The molecule has 0 spiro atoms. The molecular formula is C13H18F3NO. The van der Waals surface area contributed by atoms with Crippen LogP contribution in [0.5, 0.6) is 5.75 Å². The Morgan fingerprint density at radius 2 is 1.94 bits per heavy atom. The molecule has 1 rings (SSSR count). The van der Waals surface area contributed by atoms with E-state index in [9.17, 15) is 13.2 Å². The predicted octanol–water partition coefficient (Wildman–Crippen LogP) is 4.27. The minimum atomic E-state index is -3.02. The molecule has 1 unspecified atom stereocenters. The average Bonchev–Trinajstić information content (AvgIpc) is 2.28. The van der Waals surface area contributed by atoms with Crippen molar-refractivity contribution in [2.45, 2.75) is 39.8 Å². The molecular weight excluding hydrogens is 243 g/mol. The second-order valence-electron chi connectivity index (χ2n) is 4.43. The molecule has 0 saturated carbocycles. The van der Waals surface area contributed by atoms with Crippen LogP contribution in [0, 0.1) is 11.7 Å². The van der Waals surface area contributed by atoms with Crippen LogP contribution < -0.4 is 10.1 Å². The van der Waals surface area contributed by atoms with E-state index in [0.717, 1.165) is 6.42 Å². The van der Waals surface area contributed by atoms with Gasteiger partial charge < -0.3 is 10.1 Å². The summed E-state index contributed by atoms with van der Waals surface area (Å²) in [4.78, 5) is 0. The summed E-state index contributed by atoms with van der Waals surface area (Å²) in [5.74, 6) is -0.831. The predicted molar refractivity (Wildman–Crippen MR) is 65.6 cm³/mol. The van der Waals surface area contributed by atoms with Gasteiger partial charge in [0.2, 0.25) is 0 Å². The van der Waals surface area contributed by atoms with Crippen molar-refractivity contribution >= 4 is 5.69 Å². The van der Waals surface area contributed by atoms with E-state index in [1.807, 2.05) is 6.92 Å². The number of anilines is 1. The number of ether oxygens (including phenoxy) is 1. The van der Waals surface area contributed by atoms with Crippen molar-refractivity contribution in [3.8, 4) is 5.75 Å². The normalized spacial score (nSPS) is 12.9. The maximum absolute atomic E-state index is 13.5. The van der Waals surface area contributed by atoms with Gasteiger partial charge in [0.25, 0.3) is 0 Å². The molecule has 0 bridgehead atoms. The van der Waals surface area contributed by atoms with E-state index in [0.29, 0.717) is 11.6 Å². The van der Waals surface area contributed by atoms with E-state index < -0.39 is 18.2 Å². The van der Waals surface area contributed by atoms with Gasteiger partial charge in [-0.3, -0.25) is 0 Å². The Hall–Kier alpha value is -1.39. The fraction of sp³-hybridized carbons (Fsp3) is 0.538. The second kappa shape index (κ2) is 6.52. The van der Waals surface area contributed by atoms with Gasteiger partial charge in [-0.15, -0.1) is 0 Å². The lowest BCUT2D eigenvalue weighted by atomic mass is 10.0. The molecule has 0 aliphatic carbocycles. The Kier molecular flexibility index (Phi) is 5.31. The van der Waals surface area contributed by atoms with E-state index in [1.54, 1.807) is 0 Å². The molecule has 1 aromatic rings. The summed E-state index contributed by atoms with van der Waals surface area (Å²) in [6, 6.07) is 4.12. The van der Waals surface area contributed by atoms with Crippen molar-refractivity contribution in [2.24, 2.45) is 5.92 Å². The lowest BCUT2D eigenvalue weighted by Crippen LogP contribution is -2.24. The van der Waals surface area contributed by atoms with Crippen molar-refractivity contribution < 1.29 is 17.9 Å². The highest BCUT2D eigenvalue weighted by Gasteiger charge is 2.13. The maximum atomic E-state index is 13.5. The van der Waals surface area contributed by atoms with Crippen molar-refractivity contribution in [1.82, 2.24) is 0 Å². The molecule has 1 aromatic carbocycles. The lowest BCUT2D eigenvalue weighted by Gasteiger charge is -2.22. The third-order valence-electron chi connectivity index (χ3n) is 2.74. The van der Waals surface area contributed by atoms with Gasteiger partial charge in [0.05, 0.1) is 0 Å². The zero-order valence-corrected chi connectivity index (χ0v) is 10.7. The topological polar surface area (TPSA) is 21.3 Å². The molecule has 1 N–H and O–H groups in total. The van der Waals surface area contributed by atoms with Gasteiger partial charge in [0, 0.05) is 17.8 Å². The highest BCUT2D eigenvalue weighted by molar-refractivity contribution is 5.48. The van der Waals surface area contributed by atoms with E-state index in [2.05, 4.69) is 23.9 Å². The molecule has 1 atom stereocenters. The summed E-state index contributed by atoms with van der Waals surface area (Å²) < 4.78 is 41.4. The number of benzene rings is 1. The maximum Gasteiger partial charge on any atom is 0.387 e. The Morgan fingerprint density at radius 1 is 1.28 bits per heavy atom. The molecule has 0 amide bonds. The lowest BCUT2D eigenvalue weighted by molar-refractivity contribution is -0.0521. The van der Waals surface area contributed by atoms with Crippen LogP contribution >= 0.6 is 0 Å². The highest BCUT2D eigenvalue weighted by atomic mass is 19.3. The molecule has 102 valence electrons. The van der Waals surface area contributed by atoms with Crippen LogP contribution in [-0.4, -0.2) is 12.7 Å². The van der Waals surface area contributed by atoms with E-state index in [-0.39, 0.29) is 6.04 Å². The minimum absolute atomic E-state index is 0.214. The fourth-order valence-corrected chi connectivity index (χ4v) is 1.74. The van der Waals surface area contributed by atoms with Crippen LogP contribution in [0.25, 0.3) is 0 Å². The average molecular weight is 261 g/mol. The number of hydrogen-bond acceptors (Lipinski definition) is 2. The smallest absolute Gasteiger partial charge is 0.387 e. The van der Waals surface area contributed by atoms with Crippen molar-refractivity contribution in [3.63, 3.8) is 0 Å². The number of rotatable bonds is 6. The fourth-order valence-electron chi connectivity index (χ4n) is 1.74. The van der Waals surface area contributed by atoms with Crippen molar-refractivity contribution in [1.29, 1.82) is 0 Å².